The Hall–Kier alpha value is -1.16. The maximum atomic E-state index is 5.21. The standard InChI is InChI=1S/C10H17N3O/c1-7-5-10(12-6-11-7)13-8(2)9(3)14-4/h5-6,8-9H,1-4H3,(H,11,12,13)/t8-,9?/m1/s1. The minimum atomic E-state index is 0.158. The second-order valence-electron chi connectivity index (χ2n) is 3.42. The molecule has 0 radical (unpaired) electrons. The van der Waals surface area contributed by atoms with E-state index < -0.39 is 0 Å². The van der Waals surface area contributed by atoms with Crippen LogP contribution in [0.15, 0.2) is 12.4 Å². The first-order chi connectivity index (χ1) is 6.63. The lowest BCUT2D eigenvalue weighted by molar-refractivity contribution is 0.106. The zero-order valence-corrected chi connectivity index (χ0v) is 9.11. The highest BCUT2D eigenvalue weighted by Crippen LogP contribution is 2.07. The molecule has 1 aromatic heterocycles. The Balaban J connectivity index is 2.60. The molecule has 0 aliphatic carbocycles. The molecule has 1 N–H and O–H groups in total. The molecule has 0 aromatic carbocycles. The quantitative estimate of drug-likeness (QED) is 0.793. The summed E-state index contributed by atoms with van der Waals surface area (Å²) in [4.78, 5) is 8.15. The predicted octanol–water partition coefficient (Wildman–Crippen LogP) is 1.62. The molecular formula is C10H17N3O. The van der Waals surface area contributed by atoms with Gasteiger partial charge in [-0.1, -0.05) is 0 Å². The summed E-state index contributed by atoms with van der Waals surface area (Å²) in [5.41, 5.74) is 0.958. The number of nitrogens with zero attached hydrogens (tertiary/aromatic N) is 2. The van der Waals surface area contributed by atoms with Crippen LogP contribution in [0.1, 0.15) is 19.5 Å². The summed E-state index contributed by atoms with van der Waals surface area (Å²) < 4.78 is 5.21. The lowest BCUT2D eigenvalue weighted by Crippen LogP contribution is -2.30. The molecule has 1 heterocycles. The molecule has 14 heavy (non-hydrogen) atoms. The second-order valence-corrected chi connectivity index (χ2v) is 3.42. The number of aromatic nitrogens is 2. The van der Waals surface area contributed by atoms with Gasteiger partial charge in [-0.2, -0.15) is 0 Å². The third kappa shape index (κ3) is 2.96. The summed E-state index contributed by atoms with van der Waals surface area (Å²) in [5.74, 6) is 0.842. The Morgan fingerprint density at radius 1 is 1.36 bits per heavy atom. The van der Waals surface area contributed by atoms with Crippen LogP contribution < -0.4 is 5.32 Å². The van der Waals surface area contributed by atoms with Gasteiger partial charge in [0.25, 0.3) is 0 Å². The van der Waals surface area contributed by atoms with E-state index in [1.54, 1.807) is 13.4 Å². The summed E-state index contributed by atoms with van der Waals surface area (Å²) >= 11 is 0. The fraction of sp³-hybridized carbons (Fsp3) is 0.600. The number of nitrogens with one attached hydrogen (secondary N) is 1. The lowest BCUT2D eigenvalue weighted by atomic mass is 10.2. The molecule has 2 atom stereocenters. The molecule has 0 saturated carbocycles. The first kappa shape index (κ1) is 10.9. The van der Waals surface area contributed by atoms with E-state index in [4.69, 9.17) is 4.74 Å². The largest absolute Gasteiger partial charge is 0.380 e. The van der Waals surface area contributed by atoms with Crippen molar-refractivity contribution >= 4 is 5.82 Å². The zero-order valence-electron chi connectivity index (χ0n) is 9.11. The Bertz CT molecular complexity index is 290. The SMILES string of the molecule is COC(C)[C@@H](C)Nc1cc(C)ncn1. The molecule has 0 fully saturated rings. The number of anilines is 1. The van der Waals surface area contributed by atoms with Crippen LogP contribution in [0, 0.1) is 6.92 Å². The van der Waals surface area contributed by atoms with Crippen molar-refractivity contribution in [3.63, 3.8) is 0 Å². The number of rotatable bonds is 4. The molecule has 1 aromatic rings. The van der Waals surface area contributed by atoms with Crippen molar-refractivity contribution in [2.45, 2.75) is 32.9 Å². The van der Waals surface area contributed by atoms with Crippen LogP contribution in [0.2, 0.25) is 0 Å². The highest BCUT2D eigenvalue weighted by Gasteiger charge is 2.10. The summed E-state index contributed by atoms with van der Waals surface area (Å²) in [7, 11) is 1.70. The number of ether oxygens (including phenoxy) is 1. The van der Waals surface area contributed by atoms with E-state index in [9.17, 15) is 0 Å². The molecule has 4 heteroatoms. The van der Waals surface area contributed by atoms with Crippen molar-refractivity contribution in [1.29, 1.82) is 0 Å². The van der Waals surface area contributed by atoms with Gasteiger partial charge in [0.05, 0.1) is 12.1 Å². The van der Waals surface area contributed by atoms with Crippen LogP contribution in [0.3, 0.4) is 0 Å². The molecule has 4 nitrogen and oxygen atoms in total. The molecule has 1 rings (SSSR count). The van der Waals surface area contributed by atoms with Crippen molar-refractivity contribution in [2.24, 2.45) is 0 Å². The smallest absolute Gasteiger partial charge is 0.129 e. The minimum absolute atomic E-state index is 0.158. The third-order valence-electron chi connectivity index (χ3n) is 2.26. The maximum Gasteiger partial charge on any atom is 0.129 e. The maximum absolute atomic E-state index is 5.21. The van der Waals surface area contributed by atoms with Gasteiger partial charge in [0, 0.05) is 18.9 Å². The Morgan fingerprint density at radius 3 is 2.64 bits per heavy atom. The number of methoxy groups -OCH3 is 1. The van der Waals surface area contributed by atoms with Crippen molar-refractivity contribution in [3.8, 4) is 0 Å². The van der Waals surface area contributed by atoms with Crippen LogP contribution in [0.25, 0.3) is 0 Å². The van der Waals surface area contributed by atoms with E-state index in [2.05, 4.69) is 22.2 Å². The Kier molecular flexibility index (Phi) is 3.83. The van der Waals surface area contributed by atoms with E-state index in [1.165, 1.54) is 0 Å². The van der Waals surface area contributed by atoms with Crippen LogP contribution in [0.4, 0.5) is 5.82 Å². The van der Waals surface area contributed by atoms with Crippen molar-refractivity contribution in [3.05, 3.63) is 18.1 Å². The Labute approximate surface area is 84.7 Å². The predicted molar refractivity (Wildman–Crippen MR) is 56.3 cm³/mol. The van der Waals surface area contributed by atoms with Crippen molar-refractivity contribution in [1.82, 2.24) is 9.97 Å². The minimum Gasteiger partial charge on any atom is -0.380 e. The molecule has 1 unspecified atom stereocenters. The van der Waals surface area contributed by atoms with E-state index in [0.717, 1.165) is 11.5 Å². The van der Waals surface area contributed by atoms with Gasteiger partial charge < -0.3 is 10.1 Å². The number of hydrogen-bond acceptors (Lipinski definition) is 4. The summed E-state index contributed by atoms with van der Waals surface area (Å²) in [5, 5.41) is 3.26. The molecular weight excluding hydrogens is 178 g/mol. The molecule has 0 spiro atoms. The van der Waals surface area contributed by atoms with Gasteiger partial charge in [-0.05, 0) is 20.8 Å². The van der Waals surface area contributed by atoms with Gasteiger partial charge in [-0.25, -0.2) is 9.97 Å². The first-order valence-corrected chi connectivity index (χ1v) is 4.71. The second kappa shape index (κ2) is 4.91. The van der Waals surface area contributed by atoms with Gasteiger partial charge in [-0.3, -0.25) is 0 Å². The highest BCUT2D eigenvalue weighted by atomic mass is 16.5. The molecule has 0 aliphatic heterocycles. The topological polar surface area (TPSA) is 47.0 Å². The summed E-state index contributed by atoms with van der Waals surface area (Å²) in [6.45, 7) is 6.02. The molecule has 0 amide bonds. The van der Waals surface area contributed by atoms with Crippen LogP contribution in [0.5, 0.6) is 0 Å². The molecule has 0 bridgehead atoms. The molecule has 78 valence electrons. The normalized spacial score (nSPS) is 14.9. The van der Waals surface area contributed by atoms with E-state index in [0.29, 0.717) is 0 Å². The van der Waals surface area contributed by atoms with Crippen LogP contribution in [-0.2, 0) is 4.74 Å². The van der Waals surface area contributed by atoms with E-state index in [1.807, 2.05) is 19.9 Å². The molecule has 0 aliphatic rings. The average Bonchev–Trinajstić information content (AvgIpc) is 2.16. The number of aryl methyl sites for hydroxylation is 1. The lowest BCUT2D eigenvalue weighted by Gasteiger charge is -2.20. The van der Waals surface area contributed by atoms with Gasteiger partial charge in [0.1, 0.15) is 12.1 Å². The first-order valence-electron chi connectivity index (χ1n) is 4.71. The van der Waals surface area contributed by atoms with Gasteiger partial charge in [0.2, 0.25) is 0 Å². The van der Waals surface area contributed by atoms with Crippen LogP contribution in [-0.4, -0.2) is 29.2 Å². The average molecular weight is 195 g/mol. The van der Waals surface area contributed by atoms with E-state index >= 15 is 0 Å². The third-order valence-corrected chi connectivity index (χ3v) is 2.26. The zero-order chi connectivity index (χ0) is 10.6. The van der Waals surface area contributed by atoms with Crippen molar-refractivity contribution in [2.75, 3.05) is 12.4 Å². The monoisotopic (exact) mass is 195 g/mol. The van der Waals surface area contributed by atoms with E-state index in [-0.39, 0.29) is 12.1 Å². The van der Waals surface area contributed by atoms with Gasteiger partial charge in [-0.15, -0.1) is 0 Å². The van der Waals surface area contributed by atoms with Crippen molar-refractivity contribution < 1.29 is 4.74 Å². The number of hydrogen-bond donors (Lipinski definition) is 1. The summed E-state index contributed by atoms with van der Waals surface area (Å²) in [6.07, 6.45) is 1.72. The highest BCUT2D eigenvalue weighted by molar-refractivity contribution is 5.35. The summed E-state index contributed by atoms with van der Waals surface area (Å²) in [6, 6.07) is 2.15. The fourth-order valence-corrected chi connectivity index (χ4v) is 1.09. The van der Waals surface area contributed by atoms with Gasteiger partial charge in [0.15, 0.2) is 0 Å². The molecule has 0 saturated heterocycles. The fourth-order valence-electron chi connectivity index (χ4n) is 1.09. The Morgan fingerprint density at radius 2 is 2.07 bits per heavy atom. The van der Waals surface area contributed by atoms with Gasteiger partial charge >= 0.3 is 0 Å². The van der Waals surface area contributed by atoms with Crippen LogP contribution >= 0.6 is 0 Å².